The van der Waals surface area contributed by atoms with Crippen LogP contribution in [0.5, 0.6) is 0 Å². The molecule has 2 heteroatoms. The van der Waals surface area contributed by atoms with E-state index < -0.39 is 0 Å². The molecule has 0 fully saturated rings. The van der Waals surface area contributed by atoms with Gasteiger partial charge in [0.15, 0.2) is 11.7 Å². The topological polar surface area (TPSA) is 8.81 Å². The second kappa shape index (κ2) is 8.68. The second-order valence-corrected chi connectivity index (χ2v) is 10.2. The molecule has 3 heterocycles. The summed E-state index contributed by atoms with van der Waals surface area (Å²) in [6.07, 6.45) is 9.25. The number of unbranched alkanes of at least 4 members (excludes halogenated alkanes) is 1. The van der Waals surface area contributed by atoms with Crippen molar-refractivity contribution in [2.24, 2.45) is 0 Å². The quantitative estimate of drug-likeness (QED) is 0.227. The van der Waals surface area contributed by atoms with E-state index in [1.165, 1.54) is 62.7 Å². The summed E-state index contributed by atoms with van der Waals surface area (Å²) >= 11 is 0. The van der Waals surface area contributed by atoms with Crippen LogP contribution in [0.1, 0.15) is 57.6 Å². The van der Waals surface area contributed by atoms with E-state index in [2.05, 4.69) is 115 Å². The first-order chi connectivity index (χ1) is 17.2. The molecule has 0 unspecified atom stereocenters. The van der Waals surface area contributed by atoms with Gasteiger partial charge in [-0.1, -0.05) is 63.6 Å². The molecule has 0 N–H and O–H groups in total. The predicted molar refractivity (Wildman–Crippen MR) is 147 cm³/mol. The van der Waals surface area contributed by atoms with E-state index in [9.17, 15) is 0 Å². The summed E-state index contributed by atoms with van der Waals surface area (Å²) < 4.78 is 5.03. The normalized spacial score (nSPS) is 14.3. The van der Waals surface area contributed by atoms with Crippen LogP contribution >= 0.6 is 0 Å². The van der Waals surface area contributed by atoms with Crippen LogP contribution in [0.15, 0.2) is 85.1 Å². The summed E-state index contributed by atoms with van der Waals surface area (Å²) in [5.41, 5.74) is 9.60. The van der Waals surface area contributed by atoms with Gasteiger partial charge in [-0.2, -0.15) is 4.57 Å². The van der Waals surface area contributed by atoms with Crippen molar-refractivity contribution < 1.29 is 4.57 Å². The molecule has 0 spiro atoms. The number of benzene rings is 3. The number of aromatic nitrogens is 2. The molecule has 0 atom stereocenters. The molecule has 2 aromatic heterocycles. The van der Waals surface area contributed by atoms with Gasteiger partial charge >= 0.3 is 0 Å². The Labute approximate surface area is 208 Å². The van der Waals surface area contributed by atoms with Crippen LogP contribution in [0.2, 0.25) is 0 Å². The van der Waals surface area contributed by atoms with Gasteiger partial charge in [-0.25, -0.2) is 0 Å². The third-order valence-electron chi connectivity index (χ3n) is 8.39. The van der Waals surface area contributed by atoms with Crippen molar-refractivity contribution in [2.45, 2.75) is 64.8 Å². The first-order valence-corrected chi connectivity index (χ1v) is 13.4. The molecular weight excluding hydrogens is 424 g/mol. The molecule has 3 aromatic carbocycles. The standard InChI is InChI=1S/C33H35N2/c1-4-7-12-24-16-19-28-27-13-8-9-15-31(27)35(32(28)21-24)26-18-17-25-23-33(5-2,6-3)34-20-11-10-14-30(34)29(25)22-26/h8-11,13-22H,4-7,12,23H2,1-3H3/q+1. The molecule has 1 aliphatic rings. The Morgan fingerprint density at radius 3 is 2.43 bits per heavy atom. The maximum Gasteiger partial charge on any atom is 0.213 e. The van der Waals surface area contributed by atoms with Crippen LogP contribution in [0.25, 0.3) is 38.8 Å². The minimum Gasteiger partial charge on any atom is -0.309 e. The molecule has 1 aliphatic heterocycles. The first kappa shape index (κ1) is 22.1. The lowest BCUT2D eigenvalue weighted by atomic mass is 9.79. The van der Waals surface area contributed by atoms with Gasteiger partial charge in [-0.05, 0) is 54.3 Å². The molecule has 5 aromatic rings. The lowest BCUT2D eigenvalue weighted by molar-refractivity contribution is -0.758. The van der Waals surface area contributed by atoms with E-state index in [-0.39, 0.29) is 5.54 Å². The van der Waals surface area contributed by atoms with Crippen LogP contribution in [0.4, 0.5) is 0 Å². The van der Waals surface area contributed by atoms with E-state index in [0.29, 0.717) is 0 Å². The fraction of sp³-hybridized carbons (Fsp3) is 0.303. The maximum absolute atomic E-state index is 2.55. The highest BCUT2D eigenvalue weighted by molar-refractivity contribution is 6.09. The Hall–Kier alpha value is -3.39. The number of pyridine rings is 1. The highest BCUT2D eigenvalue weighted by atomic mass is 15.1. The molecular formula is C33H35N2+. The highest BCUT2D eigenvalue weighted by Gasteiger charge is 2.43. The molecule has 0 amide bonds. The first-order valence-electron chi connectivity index (χ1n) is 13.4. The maximum atomic E-state index is 2.55. The summed E-state index contributed by atoms with van der Waals surface area (Å²) in [7, 11) is 0. The van der Waals surface area contributed by atoms with E-state index in [1.807, 2.05) is 0 Å². The van der Waals surface area contributed by atoms with Gasteiger partial charge in [0.1, 0.15) is 0 Å². The summed E-state index contributed by atoms with van der Waals surface area (Å²) in [5, 5.41) is 2.66. The molecule has 0 aliphatic carbocycles. The van der Waals surface area contributed by atoms with Crippen LogP contribution < -0.4 is 4.57 Å². The van der Waals surface area contributed by atoms with Crippen LogP contribution in [0, 0.1) is 0 Å². The van der Waals surface area contributed by atoms with Gasteiger partial charge in [-0.3, -0.25) is 0 Å². The summed E-state index contributed by atoms with van der Waals surface area (Å²) in [4.78, 5) is 0. The zero-order valence-corrected chi connectivity index (χ0v) is 21.2. The van der Waals surface area contributed by atoms with Crippen molar-refractivity contribution in [3.8, 4) is 16.9 Å². The fourth-order valence-electron chi connectivity index (χ4n) is 6.28. The predicted octanol–water partition coefficient (Wildman–Crippen LogP) is 8.15. The molecule has 0 bridgehead atoms. The largest absolute Gasteiger partial charge is 0.309 e. The van der Waals surface area contributed by atoms with Gasteiger partial charge in [0.25, 0.3) is 0 Å². The smallest absolute Gasteiger partial charge is 0.213 e. The molecule has 6 rings (SSSR count). The Balaban J connectivity index is 1.58. The lowest BCUT2D eigenvalue weighted by Crippen LogP contribution is -2.60. The summed E-state index contributed by atoms with van der Waals surface area (Å²) in [5.74, 6) is 0. The van der Waals surface area contributed by atoms with Crippen LogP contribution in [-0.2, 0) is 18.4 Å². The minimum atomic E-state index is 0.159. The Bertz CT molecular complexity index is 1530. The Morgan fingerprint density at radius 2 is 1.60 bits per heavy atom. The lowest BCUT2D eigenvalue weighted by Gasteiger charge is -2.33. The van der Waals surface area contributed by atoms with Gasteiger partial charge in [0.2, 0.25) is 5.69 Å². The Morgan fingerprint density at radius 1 is 0.800 bits per heavy atom. The average molecular weight is 460 g/mol. The van der Waals surface area contributed by atoms with Gasteiger partial charge in [0, 0.05) is 47.9 Å². The monoisotopic (exact) mass is 459 g/mol. The highest BCUT2D eigenvalue weighted by Crippen LogP contribution is 2.39. The number of fused-ring (bicyclic) bond motifs is 6. The van der Waals surface area contributed by atoms with Crippen molar-refractivity contribution in [1.82, 2.24) is 4.57 Å². The van der Waals surface area contributed by atoms with Gasteiger partial charge in [0.05, 0.1) is 16.6 Å². The van der Waals surface area contributed by atoms with E-state index in [4.69, 9.17) is 0 Å². The number of rotatable bonds is 6. The number of hydrogen-bond acceptors (Lipinski definition) is 0. The minimum absolute atomic E-state index is 0.159. The van der Waals surface area contributed by atoms with E-state index in [0.717, 1.165) is 25.7 Å². The molecule has 2 nitrogen and oxygen atoms in total. The average Bonchev–Trinajstić information content (AvgIpc) is 3.25. The molecule has 176 valence electrons. The zero-order chi connectivity index (χ0) is 24.0. The fourth-order valence-corrected chi connectivity index (χ4v) is 6.28. The van der Waals surface area contributed by atoms with Crippen molar-refractivity contribution in [3.05, 3.63) is 96.2 Å². The summed E-state index contributed by atoms with van der Waals surface area (Å²) in [6, 6.07) is 29.8. The van der Waals surface area contributed by atoms with E-state index in [1.54, 1.807) is 0 Å². The zero-order valence-electron chi connectivity index (χ0n) is 21.2. The molecule has 0 saturated carbocycles. The van der Waals surface area contributed by atoms with Crippen molar-refractivity contribution in [1.29, 1.82) is 0 Å². The molecule has 0 saturated heterocycles. The second-order valence-electron chi connectivity index (χ2n) is 10.2. The van der Waals surface area contributed by atoms with Gasteiger partial charge < -0.3 is 4.57 Å². The number of nitrogens with zero attached hydrogens (tertiary/aromatic N) is 2. The molecule has 35 heavy (non-hydrogen) atoms. The van der Waals surface area contributed by atoms with Crippen LogP contribution in [0.3, 0.4) is 0 Å². The van der Waals surface area contributed by atoms with Crippen molar-refractivity contribution >= 4 is 21.8 Å². The van der Waals surface area contributed by atoms with Crippen molar-refractivity contribution in [2.75, 3.05) is 0 Å². The van der Waals surface area contributed by atoms with Gasteiger partial charge in [-0.15, -0.1) is 0 Å². The van der Waals surface area contributed by atoms with Crippen molar-refractivity contribution in [3.63, 3.8) is 0 Å². The Kier molecular flexibility index (Phi) is 5.48. The summed E-state index contributed by atoms with van der Waals surface area (Å²) in [6.45, 7) is 6.94. The van der Waals surface area contributed by atoms with E-state index >= 15 is 0 Å². The van der Waals surface area contributed by atoms with Crippen LogP contribution in [-0.4, -0.2) is 4.57 Å². The number of hydrogen-bond donors (Lipinski definition) is 0. The molecule has 0 radical (unpaired) electrons. The number of aryl methyl sites for hydroxylation is 1. The number of para-hydroxylation sites is 1. The third kappa shape index (κ3) is 3.42. The third-order valence-corrected chi connectivity index (χ3v) is 8.39. The SMILES string of the molecule is CCCCc1ccc2c3ccccc3n(-c3ccc4c(c3)-c3cccc[n+]3C(CC)(CC)C4)c2c1.